The molecule has 2 atom stereocenters. The Morgan fingerprint density at radius 1 is 1.24 bits per heavy atom. The minimum Gasteiger partial charge on any atom is -0.493 e. The number of aldehydes is 1. The molecule has 0 bridgehead atoms. The Kier molecular flexibility index (Phi) is 5.62. The largest absolute Gasteiger partial charge is 0.493 e. The molecule has 0 aromatic heterocycles. The Labute approximate surface area is 127 Å². The molecule has 4 heteroatoms. The Morgan fingerprint density at radius 2 is 1.95 bits per heavy atom. The monoisotopic (exact) mass is 291 g/mol. The van der Waals surface area contributed by atoms with E-state index < -0.39 is 0 Å². The second kappa shape index (κ2) is 7.46. The summed E-state index contributed by atoms with van der Waals surface area (Å²) in [7, 11) is 1.59. The summed E-state index contributed by atoms with van der Waals surface area (Å²) >= 11 is 0. The first-order valence-corrected chi connectivity index (χ1v) is 7.60. The van der Waals surface area contributed by atoms with E-state index in [-0.39, 0.29) is 0 Å². The maximum Gasteiger partial charge on any atom is 0.161 e. The van der Waals surface area contributed by atoms with Crippen LogP contribution in [0.4, 0.5) is 0 Å². The molecule has 1 aliphatic heterocycles. The highest BCUT2D eigenvalue weighted by Crippen LogP contribution is 2.27. The van der Waals surface area contributed by atoms with Crippen molar-refractivity contribution in [3.63, 3.8) is 0 Å². The molecule has 0 spiro atoms. The summed E-state index contributed by atoms with van der Waals surface area (Å²) in [4.78, 5) is 13.2. The number of hydrogen-bond acceptors (Lipinski definition) is 4. The van der Waals surface area contributed by atoms with E-state index in [1.807, 2.05) is 0 Å². The average Bonchev–Trinajstić information content (AvgIpc) is 2.46. The van der Waals surface area contributed by atoms with Crippen LogP contribution in [0.1, 0.15) is 30.6 Å². The van der Waals surface area contributed by atoms with E-state index in [9.17, 15) is 4.79 Å². The van der Waals surface area contributed by atoms with Crippen LogP contribution in [-0.2, 0) is 0 Å². The maximum atomic E-state index is 10.8. The van der Waals surface area contributed by atoms with Gasteiger partial charge < -0.3 is 9.47 Å². The molecule has 1 aliphatic rings. The molecule has 21 heavy (non-hydrogen) atoms. The molecule has 0 amide bonds. The molecule has 4 nitrogen and oxygen atoms in total. The van der Waals surface area contributed by atoms with E-state index in [1.54, 1.807) is 25.3 Å². The SMILES string of the molecule is COc1cc(C=O)ccc1OCCN1CC(C)CC(C)C1. The van der Waals surface area contributed by atoms with Gasteiger partial charge in [-0.3, -0.25) is 9.69 Å². The number of ether oxygens (including phenoxy) is 2. The summed E-state index contributed by atoms with van der Waals surface area (Å²) in [6.07, 6.45) is 2.13. The molecule has 1 heterocycles. The van der Waals surface area contributed by atoms with Crippen LogP contribution in [0.5, 0.6) is 11.5 Å². The summed E-state index contributed by atoms with van der Waals surface area (Å²) in [6.45, 7) is 8.47. The fourth-order valence-corrected chi connectivity index (χ4v) is 3.14. The summed E-state index contributed by atoms with van der Waals surface area (Å²) < 4.78 is 11.1. The molecule has 116 valence electrons. The first-order valence-electron chi connectivity index (χ1n) is 7.60. The summed E-state index contributed by atoms with van der Waals surface area (Å²) in [6, 6.07) is 5.24. The van der Waals surface area contributed by atoms with Crippen LogP contribution < -0.4 is 9.47 Å². The van der Waals surface area contributed by atoms with Gasteiger partial charge >= 0.3 is 0 Å². The number of rotatable bonds is 6. The van der Waals surface area contributed by atoms with Crippen LogP contribution >= 0.6 is 0 Å². The van der Waals surface area contributed by atoms with Gasteiger partial charge in [0.1, 0.15) is 12.9 Å². The van der Waals surface area contributed by atoms with Gasteiger partial charge in [0.2, 0.25) is 0 Å². The van der Waals surface area contributed by atoms with Gasteiger partial charge in [-0.15, -0.1) is 0 Å². The number of nitrogens with zero attached hydrogens (tertiary/aromatic N) is 1. The summed E-state index contributed by atoms with van der Waals surface area (Å²) in [5, 5.41) is 0. The summed E-state index contributed by atoms with van der Waals surface area (Å²) in [5.41, 5.74) is 0.595. The molecule has 2 unspecified atom stereocenters. The van der Waals surface area contributed by atoms with Gasteiger partial charge in [-0.25, -0.2) is 0 Å². The van der Waals surface area contributed by atoms with Crippen molar-refractivity contribution in [3.05, 3.63) is 23.8 Å². The van der Waals surface area contributed by atoms with Gasteiger partial charge in [-0.1, -0.05) is 13.8 Å². The van der Waals surface area contributed by atoms with Crippen LogP contribution in [0.25, 0.3) is 0 Å². The van der Waals surface area contributed by atoms with Gasteiger partial charge in [0.05, 0.1) is 7.11 Å². The Hall–Kier alpha value is -1.55. The van der Waals surface area contributed by atoms with Crippen LogP contribution in [0, 0.1) is 11.8 Å². The van der Waals surface area contributed by atoms with Crippen molar-refractivity contribution >= 4 is 6.29 Å². The topological polar surface area (TPSA) is 38.8 Å². The second-order valence-corrected chi connectivity index (χ2v) is 6.08. The lowest BCUT2D eigenvalue weighted by molar-refractivity contribution is 0.112. The van der Waals surface area contributed by atoms with E-state index in [2.05, 4.69) is 18.7 Å². The predicted molar refractivity (Wildman–Crippen MR) is 83.3 cm³/mol. The van der Waals surface area contributed by atoms with E-state index in [1.165, 1.54) is 6.42 Å². The lowest BCUT2D eigenvalue weighted by atomic mass is 9.92. The van der Waals surface area contributed by atoms with Crippen molar-refractivity contribution in [1.82, 2.24) is 4.90 Å². The van der Waals surface area contributed by atoms with Gasteiger partial charge in [0.15, 0.2) is 11.5 Å². The zero-order valence-corrected chi connectivity index (χ0v) is 13.2. The molecule has 1 fully saturated rings. The van der Waals surface area contributed by atoms with Crippen LogP contribution in [0.15, 0.2) is 18.2 Å². The quantitative estimate of drug-likeness (QED) is 0.756. The number of carbonyl (C=O) groups is 1. The second-order valence-electron chi connectivity index (χ2n) is 6.08. The Balaban J connectivity index is 1.87. The third kappa shape index (κ3) is 4.46. The zero-order valence-electron chi connectivity index (χ0n) is 13.2. The molecular weight excluding hydrogens is 266 g/mol. The van der Waals surface area contributed by atoms with Crippen molar-refractivity contribution in [2.45, 2.75) is 20.3 Å². The third-order valence-corrected chi connectivity index (χ3v) is 3.93. The van der Waals surface area contributed by atoms with Gasteiger partial charge in [-0.2, -0.15) is 0 Å². The standard InChI is InChI=1S/C17H25NO3/c1-13-8-14(2)11-18(10-13)6-7-21-16-5-4-15(12-19)9-17(16)20-3/h4-5,9,12-14H,6-8,10-11H2,1-3H3. The predicted octanol–water partition coefficient (Wildman–Crippen LogP) is 2.86. The van der Waals surface area contributed by atoms with Crippen molar-refractivity contribution in [2.24, 2.45) is 11.8 Å². The number of piperidine rings is 1. The van der Waals surface area contributed by atoms with E-state index in [4.69, 9.17) is 9.47 Å². The van der Waals surface area contributed by atoms with Crippen LogP contribution in [0.3, 0.4) is 0 Å². The Morgan fingerprint density at radius 3 is 2.57 bits per heavy atom. The average molecular weight is 291 g/mol. The van der Waals surface area contributed by atoms with Crippen molar-refractivity contribution in [2.75, 3.05) is 33.4 Å². The minimum atomic E-state index is 0.595. The summed E-state index contributed by atoms with van der Waals surface area (Å²) in [5.74, 6) is 2.83. The van der Waals surface area contributed by atoms with Gasteiger partial charge in [0, 0.05) is 25.2 Å². The van der Waals surface area contributed by atoms with Gasteiger partial charge in [0.25, 0.3) is 0 Å². The molecular formula is C17H25NO3. The third-order valence-electron chi connectivity index (χ3n) is 3.93. The number of carbonyl (C=O) groups excluding carboxylic acids is 1. The smallest absolute Gasteiger partial charge is 0.161 e. The molecule has 0 N–H and O–H groups in total. The van der Waals surface area contributed by atoms with E-state index in [0.717, 1.165) is 37.8 Å². The number of methoxy groups -OCH3 is 1. The molecule has 1 aromatic carbocycles. The lowest BCUT2D eigenvalue weighted by Gasteiger charge is -2.34. The van der Waals surface area contributed by atoms with Crippen LogP contribution in [-0.4, -0.2) is 44.5 Å². The number of hydrogen-bond donors (Lipinski definition) is 0. The van der Waals surface area contributed by atoms with Crippen molar-refractivity contribution < 1.29 is 14.3 Å². The highest BCUT2D eigenvalue weighted by molar-refractivity contribution is 5.76. The first kappa shape index (κ1) is 15.8. The van der Waals surface area contributed by atoms with E-state index in [0.29, 0.717) is 23.7 Å². The maximum absolute atomic E-state index is 10.8. The molecule has 0 saturated carbocycles. The highest BCUT2D eigenvalue weighted by Gasteiger charge is 2.21. The molecule has 0 aliphatic carbocycles. The van der Waals surface area contributed by atoms with E-state index >= 15 is 0 Å². The lowest BCUT2D eigenvalue weighted by Crippen LogP contribution is -2.40. The Bertz CT molecular complexity index is 465. The minimum absolute atomic E-state index is 0.595. The molecule has 1 saturated heterocycles. The van der Waals surface area contributed by atoms with Gasteiger partial charge in [-0.05, 0) is 36.5 Å². The molecule has 2 rings (SSSR count). The molecule has 1 aromatic rings. The zero-order chi connectivity index (χ0) is 15.2. The number of likely N-dealkylation sites (tertiary alicyclic amines) is 1. The van der Waals surface area contributed by atoms with Crippen molar-refractivity contribution in [1.29, 1.82) is 0 Å². The van der Waals surface area contributed by atoms with Crippen molar-refractivity contribution in [3.8, 4) is 11.5 Å². The van der Waals surface area contributed by atoms with Crippen LogP contribution in [0.2, 0.25) is 0 Å². The molecule has 0 radical (unpaired) electrons. The first-order chi connectivity index (χ1) is 10.1. The highest BCUT2D eigenvalue weighted by atomic mass is 16.5. The number of benzene rings is 1. The fourth-order valence-electron chi connectivity index (χ4n) is 3.14. The normalized spacial score (nSPS) is 22.8. The fraction of sp³-hybridized carbons (Fsp3) is 0.588.